The van der Waals surface area contributed by atoms with Crippen LogP contribution in [0.1, 0.15) is 23.0 Å². The fourth-order valence-corrected chi connectivity index (χ4v) is 1.99. The largest absolute Gasteiger partial charge is 0.373 e. The van der Waals surface area contributed by atoms with Crippen LogP contribution in [0.4, 0.5) is 11.5 Å². The Morgan fingerprint density at radius 3 is 2.75 bits per heavy atom. The van der Waals surface area contributed by atoms with Crippen LogP contribution in [0.2, 0.25) is 5.02 Å². The first-order valence-corrected chi connectivity index (χ1v) is 6.76. The summed E-state index contributed by atoms with van der Waals surface area (Å²) < 4.78 is 0. The topological polar surface area (TPSA) is 54.0 Å². The molecule has 0 fully saturated rings. The van der Waals surface area contributed by atoms with Gasteiger partial charge in [0.2, 0.25) is 0 Å². The van der Waals surface area contributed by atoms with E-state index in [1.807, 2.05) is 6.92 Å². The Kier molecular flexibility index (Phi) is 4.58. The molecule has 20 heavy (non-hydrogen) atoms. The lowest BCUT2D eigenvalue weighted by molar-refractivity contribution is 0.102. The highest BCUT2D eigenvalue weighted by Crippen LogP contribution is 2.17. The van der Waals surface area contributed by atoms with Gasteiger partial charge in [-0.1, -0.05) is 24.6 Å². The van der Waals surface area contributed by atoms with Gasteiger partial charge < -0.3 is 10.6 Å². The molecule has 104 valence electrons. The lowest BCUT2D eigenvalue weighted by Crippen LogP contribution is -2.13. The maximum Gasteiger partial charge on any atom is 0.255 e. The molecule has 2 N–H and O–H groups in total. The molecular formula is C15H16ClN3O. The first-order chi connectivity index (χ1) is 9.62. The number of aromatic nitrogens is 1. The first-order valence-electron chi connectivity index (χ1n) is 6.38. The van der Waals surface area contributed by atoms with E-state index in [2.05, 4.69) is 15.6 Å². The van der Waals surface area contributed by atoms with Gasteiger partial charge in [0.15, 0.2) is 0 Å². The summed E-state index contributed by atoms with van der Waals surface area (Å²) >= 11 is 5.90. The van der Waals surface area contributed by atoms with Crippen molar-refractivity contribution in [2.24, 2.45) is 0 Å². The predicted molar refractivity (Wildman–Crippen MR) is 82.6 cm³/mol. The molecule has 0 radical (unpaired) electrons. The Hall–Kier alpha value is -2.07. The van der Waals surface area contributed by atoms with Gasteiger partial charge in [0, 0.05) is 29.0 Å². The van der Waals surface area contributed by atoms with Crippen molar-refractivity contribution < 1.29 is 4.79 Å². The molecule has 1 aromatic carbocycles. The maximum atomic E-state index is 12.3. The quantitative estimate of drug-likeness (QED) is 0.904. The van der Waals surface area contributed by atoms with E-state index in [1.165, 1.54) is 0 Å². The van der Waals surface area contributed by atoms with Gasteiger partial charge in [0.25, 0.3) is 5.91 Å². The fourth-order valence-electron chi connectivity index (χ4n) is 1.80. The van der Waals surface area contributed by atoms with E-state index in [-0.39, 0.29) is 5.91 Å². The van der Waals surface area contributed by atoms with E-state index in [4.69, 9.17) is 11.6 Å². The molecule has 1 aromatic heterocycles. The number of carbonyl (C=O) groups excluding carboxylic acids is 1. The molecule has 0 saturated heterocycles. The van der Waals surface area contributed by atoms with Crippen LogP contribution < -0.4 is 10.6 Å². The smallest absolute Gasteiger partial charge is 0.255 e. The zero-order valence-electron chi connectivity index (χ0n) is 11.4. The molecule has 0 saturated carbocycles. The van der Waals surface area contributed by atoms with E-state index in [1.54, 1.807) is 43.4 Å². The normalized spacial score (nSPS) is 10.2. The summed E-state index contributed by atoms with van der Waals surface area (Å²) in [5, 5.41) is 6.37. The Balaban J connectivity index is 2.24. The number of anilines is 2. The van der Waals surface area contributed by atoms with Crippen LogP contribution in [-0.4, -0.2) is 17.9 Å². The molecule has 2 rings (SSSR count). The summed E-state index contributed by atoms with van der Waals surface area (Å²) in [6.07, 6.45) is 0.771. The summed E-state index contributed by atoms with van der Waals surface area (Å²) in [5.41, 5.74) is 2.11. The summed E-state index contributed by atoms with van der Waals surface area (Å²) in [4.78, 5) is 16.6. The third-order valence-corrected chi connectivity index (χ3v) is 3.08. The summed E-state index contributed by atoms with van der Waals surface area (Å²) in [6.45, 7) is 2.00. The summed E-state index contributed by atoms with van der Waals surface area (Å²) in [5.74, 6) is 0.501. The molecule has 1 amide bonds. The van der Waals surface area contributed by atoms with Crippen LogP contribution in [0.15, 0.2) is 36.4 Å². The number of carbonyl (C=O) groups is 1. The molecule has 2 aromatic rings. The monoisotopic (exact) mass is 289 g/mol. The third kappa shape index (κ3) is 3.48. The number of rotatable bonds is 4. The molecule has 0 aliphatic carbocycles. The second-order valence-corrected chi connectivity index (χ2v) is 4.74. The average Bonchev–Trinajstić information content (AvgIpc) is 2.46. The van der Waals surface area contributed by atoms with Crippen molar-refractivity contribution in [3.05, 3.63) is 52.7 Å². The van der Waals surface area contributed by atoms with E-state index in [9.17, 15) is 4.79 Å². The van der Waals surface area contributed by atoms with Gasteiger partial charge >= 0.3 is 0 Å². The van der Waals surface area contributed by atoms with Crippen molar-refractivity contribution in [2.45, 2.75) is 13.3 Å². The number of nitrogens with zero attached hydrogens (tertiary/aromatic N) is 1. The van der Waals surface area contributed by atoms with Crippen molar-refractivity contribution in [1.82, 2.24) is 4.98 Å². The van der Waals surface area contributed by atoms with Gasteiger partial charge in [0.1, 0.15) is 5.82 Å². The molecule has 1 heterocycles. The van der Waals surface area contributed by atoms with E-state index in [0.717, 1.165) is 12.1 Å². The fraction of sp³-hybridized carbons (Fsp3) is 0.200. The van der Waals surface area contributed by atoms with Gasteiger partial charge in [-0.05, 0) is 36.8 Å². The average molecular weight is 290 g/mol. The molecule has 0 spiro atoms. The van der Waals surface area contributed by atoms with Gasteiger partial charge in [-0.2, -0.15) is 0 Å². The Labute approximate surface area is 123 Å². The lowest BCUT2D eigenvalue weighted by Gasteiger charge is -2.09. The number of nitrogens with one attached hydrogen (secondary N) is 2. The zero-order chi connectivity index (χ0) is 14.5. The lowest BCUT2D eigenvalue weighted by atomic mass is 10.1. The van der Waals surface area contributed by atoms with Crippen LogP contribution in [0, 0.1) is 0 Å². The molecule has 0 unspecified atom stereocenters. The number of amides is 1. The van der Waals surface area contributed by atoms with Crippen molar-refractivity contribution in [2.75, 3.05) is 17.7 Å². The standard InChI is InChI=1S/C15H16ClN3O/c1-3-12-7-10(8-14(17-2)18-12)15(20)19-13-6-4-5-11(16)9-13/h4-9H,3H2,1-2H3,(H,17,18)(H,19,20). The minimum Gasteiger partial charge on any atom is -0.373 e. The number of aryl methyl sites for hydroxylation is 1. The summed E-state index contributed by atoms with van der Waals surface area (Å²) in [6, 6.07) is 10.6. The predicted octanol–water partition coefficient (Wildman–Crippen LogP) is 3.59. The SMILES string of the molecule is CCc1cc(C(=O)Nc2cccc(Cl)c2)cc(NC)n1. The van der Waals surface area contributed by atoms with Crippen molar-refractivity contribution in [3.63, 3.8) is 0 Å². The third-order valence-electron chi connectivity index (χ3n) is 2.84. The Morgan fingerprint density at radius 2 is 2.10 bits per heavy atom. The number of halogens is 1. The van der Waals surface area contributed by atoms with E-state index >= 15 is 0 Å². The van der Waals surface area contributed by atoms with Gasteiger partial charge in [-0.15, -0.1) is 0 Å². The van der Waals surface area contributed by atoms with Crippen LogP contribution in [-0.2, 0) is 6.42 Å². The van der Waals surface area contributed by atoms with Crippen molar-refractivity contribution in [3.8, 4) is 0 Å². The second-order valence-electron chi connectivity index (χ2n) is 4.30. The minimum atomic E-state index is -0.180. The molecule has 4 nitrogen and oxygen atoms in total. The Morgan fingerprint density at radius 1 is 1.30 bits per heavy atom. The molecule has 0 bridgehead atoms. The first kappa shape index (κ1) is 14.3. The van der Waals surface area contributed by atoms with Gasteiger partial charge in [0.05, 0.1) is 0 Å². The number of benzene rings is 1. The van der Waals surface area contributed by atoms with Gasteiger partial charge in [-0.25, -0.2) is 4.98 Å². The van der Waals surface area contributed by atoms with Gasteiger partial charge in [-0.3, -0.25) is 4.79 Å². The van der Waals surface area contributed by atoms with E-state index in [0.29, 0.717) is 22.1 Å². The minimum absolute atomic E-state index is 0.180. The second kappa shape index (κ2) is 6.39. The molecule has 0 aliphatic rings. The van der Waals surface area contributed by atoms with Crippen LogP contribution in [0.25, 0.3) is 0 Å². The number of hydrogen-bond acceptors (Lipinski definition) is 3. The van der Waals surface area contributed by atoms with Crippen LogP contribution in [0.5, 0.6) is 0 Å². The molecule has 5 heteroatoms. The molecule has 0 atom stereocenters. The zero-order valence-corrected chi connectivity index (χ0v) is 12.2. The highest BCUT2D eigenvalue weighted by molar-refractivity contribution is 6.30. The Bertz CT molecular complexity index is 606. The number of hydrogen-bond donors (Lipinski definition) is 2. The highest BCUT2D eigenvalue weighted by Gasteiger charge is 2.09. The highest BCUT2D eigenvalue weighted by atomic mass is 35.5. The van der Waals surface area contributed by atoms with Crippen LogP contribution >= 0.6 is 11.6 Å². The van der Waals surface area contributed by atoms with E-state index < -0.39 is 0 Å². The molecular weight excluding hydrogens is 274 g/mol. The summed E-state index contributed by atoms with van der Waals surface area (Å²) in [7, 11) is 1.78. The maximum absolute atomic E-state index is 12.3. The van der Waals surface area contributed by atoms with Crippen LogP contribution in [0.3, 0.4) is 0 Å². The van der Waals surface area contributed by atoms with Crippen molar-refractivity contribution >= 4 is 29.0 Å². The molecule has 0 aliphatic heterocycles. The number of pyridine rings is 1. The van der Waals surface area contributed by atoms with Crippen molar-refractivity contribution in [1.29, 1.82) is 0 Å².